The maximum Gasteiger partial charge on any atom is 0.187 e. The molecule has 0 saturated carbocycles. The van der Waals surface area contributed by atoms with Gasteiger partial charge in [-0.15, -0.1) is 5.10 Å². The molecule has 1 unspecified atom stereocenters. The Morgan fingerprint density at radius 2 is 1.70 bits per heavy atom. The van der Waals surface area contributed by atoms with Gasteiger partial charge in [-0.25, -0.2) is 9.97 Å². The van der Waals surface area contributed by atoms with Gasteiger partial charge in [0.15, 0.2) is 29.0 Å². The van der Waals surface area contributed by atoms with Crippen molar-refractivity contribution in [2.24, 2.45) is 0 Å². The lowest BCUT2D eigenvalue weighted by molar-refractivity contribution is -0.0574. The number of hydrogen-bond donors (Lipinski definition) is 4. The third kappa shape index (κ3) is 3.93. The molecule has 2 aromatic heterocycles. The van der Waals surface area contributed by atoms with Gasteiger partial charge < -0.3 is 25.4 Å². The van der Waals surface area contributed by atoms with Crippen LogP contribution >= 0.6 is 0 Å². The van der Waals surface area contributed by atoms with Crippen molar-refractivity contribution in [2.45, 2.75) is 37.5 Å². The number of ether oxygens (including phenoxy) is 1. The van der Waals surface area contributed by atoms with Crippen molar-refractivity contribution in [3.05, 3.63) is 66.2 Å². The minimum absolute atomic E-state index is 0.0769. The molecule has 1 saturated heterocycles. The molecule has 33 heavy (non-hydrogen) atoms. The second kappa shape index (κ2) is 8.83. The Bertz CT molecular complexity index is 1240. The van der Waals surface area contributed by atoms with Crippen molar-refractivity contribution in [3.8, 4) is 11.4 Å². The molecule has 10 heteroatoms. The molecule has 1 fully saturated rings. The van der Waals surface area contributed by atoms with Crippen molar-refractivity contribution in [1.29, 1.82) is 0 Å². The lowest BCUT2D eigenvalue weighted by Gasteiger charge is -2.17. The summed E-state index contributed by atoms with van der Waals surface area (Å²) in [5, 5.41) is 41.9. The van der Waals surface area contributed by atoms with E-state index < -0.39 is 31.1 Å². The Morgan fingerprint density at radius 3 is 2.36 bits per heavy atom. The summed E-state index contributed by atoms with van der Waals surface area (Å²) in [5.74, 6) is 0.925. The number of nitrogens with one attached hydrogen (secondary N) is 1. The van der Waals surface area contributed by atoms with Gasteiger partial charge in [0, 0.05) is 5.56 Å². The van der Waals surface area contributed by atoms with Crippen molar-refractivity contribution < 1.29 is 20.1 Å². The largest absolute Gasteiger partial charge is 0.394 e. The molecule has 0 radical (unpaired) electrons. The van der Waals surface area contributed by atoms with E-state index in [1.165, 1.54) is 4.68 Å². The topological polar surface area (TPSA) is 138 Å². The molecule has 5 rings (SSSR count). The number of aliphatic hydroxyl groups excluding tert-OH is 3. The van der Waals surface area contributed by atoms with Gasteiger partial charge in [-0.05, 0) is 12.5 Å². The summed E-state index contributed by atoms with van der Waals surface area (Å²) in [6.07, 6.45) is -4.55. The molecule has 0 aliphatic carbocycles. The van der Waals surface area contributed by atoms with Gasteiger partial charge in [0.2, 0.25) is 0 Å². The molecule has 4 aromatic rings. The Kier molecular flexibility index (Phi) is 5.73. The number of aromatic nitrogens is 5. The Labute approximate surface area is 189 Å². The first kappa shape index (κ1) is 21.4. The lowest BCUT2D eigenvalue weighted by Crippen LogP contribution is -2.33. The predicted molar refractivity (Wildman–Crippen MR) is 120 cm³/mol. The fourth-order valence-electron chi connectivity index (χ4n) is 3.93. The molecule has 5 atom stereocenters. The lowest BCUT2D eigenvalue weighted by atomic mass is 10.1. The highest BCUT2D eigenvalue weighted by Crippen LogP contribution is 2.33. The minimum Gasteiger partial charge on any atom is -0.394 e. The van der Waals surface area contributed by atoms with E-state index in [4.69, 9.17) is 9.72 Å². The normalized spacial score (nSPS) is 23.6. The predicted octanol–water partition coefficient (Wildman–Crippen LogP) is 1.67. The molecular formula is C23H24N6O4. The molecule has 1 aliphatic heterocycles. The van der Waals surface area contributed by atoms with E-state index in [9.17, 15) is 15.3 Å². The Balaban J connectivity index is 1.61. The number of fused-ring (bicyclic) bond motifs is 1. The second-order valence-corrected chi connectivity index (χ2v) is 7.97. The maximum atomic E-state index is 10.5. The third-order valence-electron chi connectivity index (χ3n) is 5.77. The van der Waals surface area contributed by atoms with Crippen LogP contribution in [0.1, 0.15) is 24.8 Å². The van der Waals surface area contributed by atoms with Crippen molar-refractivity contribution >= 4 is 17.0 Å². The SMILES string of the molecule is CC(Nc1nc(-c2ccccc2)nc2c1nnn2[C@@H]1O[C@H](CO)[C@@H](O)[C@H]1O)c1ccccc1. The van der Waals surface area contributed by atoms with Gasteiger partial charge >= 0.3 is 0 Å². The average Bonchev–Trinajstić information content (AvgIpc) is 3.41. The van der Waals surface area contributed by atoms with Gasteiger partial charge in [-0.1, -0.05) is 65.9 Å². The van der Waals surface area contributed by atoms with Crippen LogP contribution in [0.25, 0.3) is 22.6 Å². The van der Waals surface area contributed by atoms with E-state index in [0.29, 0.717) is 22.8 Å². The summed E-state index contributed by atoms with van der Waals surface area (Å²) in [6.45, 7) is 1.58. The van der Waals surface area contributed by atoms with Crippen LogP contribution < -0.4 is 5.32 Å². The van der Waals surface area contributed by atoms with Crippen LogP contribution in [0.4, 0.5) is 5.82 Å². The first-order valence-corrected chi connectivity index (χ1v) is 10.7. The van der Waals surface area contributed by atoms with Crippen LogP contribution in [0, 0.1) is 0 Å². The Morgan fingerprint density at radius 1 is 1.00 bits per heavy atom. The first-order valence-electron chi connectivity index (χ1n) is 10.7. The van der Waals surface area contributed by atoms with Crippen LogP contribution in [0.3, 0.4) is 0 Å². The van der Waals surface area contributed by atoms with Crippen LogP contribution in [0.15, 0.2) is 60.7 Å². The Hall–Kier alpha value is -3.44. The molecule has 1 aliphatic rings. The summed E-state index contributed by atoms with van der Waals surface area (Å²) in [7, 11) is 0. The van der Waals surface area contributed by atoms with E-state index in [1.54, 1.807) is 0 Å². The number of anilines is 1. The zero-order valence-corrected chi connectivity index (χ0v) is 17.9. The van der Waals surface area contributed by atoms with Crippen LogP contribution in [0.2, 0.25) is 0 Å². The van der Waals surface area contributed by atoms with E-state index in [1.807, 2.05) is 67.6 Å². The molecule has 10 nitrogen and oxygen atoms in total. The molecule has 0 amide bonds. The van der Waals surface area contributed by atoms with Gasteiger partial charge in [-0.3, -0.25) is 0 Å². The zero-order valence-electron chi connectivity index (χ0n) is 17.9. The van der Waals surface area contributed by atoms with Crippen LogP contribution in [0.5, 0.6) is 0 Å². The van der Waals surface area contributed by atoms with E-state index in [0.717, 1.165) is 11.1 Å². The van der Waals surface area contributed by atoms with Gasteiger partial charge in [0.25, 0.3) is 0 Å². The molecule has 0 spiro atoms. The number of hydrogen-bond acceptors (Lipinski definition) is 9. The monoisotopic (exact) mass is 448 g/mol. The summed E-state index contributed by atoms with van der Waals surface area (Å²) < 4.78 is 6.98. The molecular weight excluding hydrogens is 424 g/mol. The van der Waals surface area contributed by atoms with Crippen LogP contribution in [-0.2, 0) is 4.74 Å². The van der Waals surface area contributed by atoms with Gasteiger partial charge in [-0.2, -0.15) is 4.68 Å². The highest BCUT2D eigenvalue weighted by atomic mass is 16.6. The van der Waals surface area contributed by atoms with E-state index >= 15 is 0 Å². The summed E-state index contributed by atoms with van der Waals surface area (Å²) in [4.78, 5) is 9.36. The summed E-state index contributed by atoms with van der Waals surface area (Å²) >= 11 is 0. The number of aliphatic hydroxyl groups is 3. The maximum absolute atomic E-state index is 10.5. The first-order chi connectivity index (χ1) is 16.1. The van der Waals surface area contributed by atoms with Gasteiger partial charge in [0.05, 0.1) is 12.6 Å². The second-order valence-electron chi connectivity index (χ2n) is 7.97. The number of rotatable bonds is 6. The third-order valence-corrected chi connectivity index (χ3v) is 5.77. The van der Waals surface area contributed by atoms with Gasteiger partial charge in [0.1, 0.15) is 18.3 Å². The molecule has 0 bridgehead atoms. The van der Waals surface area contributed by atoms with Crippen molar-refractivity contribution in [3.63, 3.8) is 0 Å². The molecule has 170 valence electrons. The molecule has 2 aromatic carbocycles. The van der Waals surface area contributed by atoms with Crippen LogP contribution in [-0.4, -0.2) is 65.2 Å². The highest BCUT2D eigenvalue weighted by Gasteiger charge is 2.44. The van der Waals surface area contributed by atoms with Crippen molar-refractivity contribution in [1.82, 2.24) is 25.0 Å². The molecule has 3 heterocycles. The minimum atomic E-state index is -1.30. The summed E-state index contributed by atoms with van der Waals surface area (Å²) in [6, 6.07) is 19.3. The number of benzene rings is 2. The standard InChI is InChI=1S/C23H24N6O4/c1-13(14-8-4-2-5-9-14)24-21-17-22(26-20(25-21)15-10-6-3-7-11-15)29(28-27-17)23-19(32)18(31)16(12-30)33-23/h2-11,13,16,18-19,23,30-32H,12H2,1H3,(H,24,25,26)/t13?,16-,18-,19-,23-/m1/s1. The van der Waals surface area contributed by atoms with E-state index in [2.05, 4.69) is 20.6 Å². The number of nitrogens with zero attached hydrogens (tertiary/aromatic N) is 5. The van der Waals surface area contributed by atoms with E-state index in [-0.39, 0.29) is 6.04 Å². The smallest absolute Gasteiger partial charge is 0.187 e. The zero-order chi connectivity index (χ0) is 22.9. The quantitative estimate of drug-likeness (QED) is 0.347. The van der Waals surface area contributed by atoms with Crippen molar-refractivity contribution in [2.75, 3.05) is 11.9 Å². The summed E-state index contributed by atoms with van der Waals surface area (Å²) in [5.41, 5.74) is 2.60. The average molecular weight is 448 g/mol. The fraction of sp³-hybridized carbons (Fsp3) is 0.304. The molecule has 4 N–H and O–H groups in total. The fourth-order valence-corrected chi connectivity index (χ4v) is 3.93. The highest BCUT2D eigenvalue weighted by molar-refractivity contribution is 5.84.